The quantitative estimate of drug-likeness (QED) is 0.780. The van der Waals surface area contributed by atoms with E-state index in [1.807, 2.05) is 13.0 Å². The number of carbonyl (C=O) groups excluding carboxylic acids is 1. The van der Waals surface area contributed by atoms with E-state index in [4.69, 9.17) is 4.74 Å². The summed E-state index contributed by atoms with van der Waals surface area (Å²) in [6, 6.07) is 3.65. The molecule has 0 atom stereocenters. The molecule has 0 aromatic carbocycles. The molecule has 0 unspecified atom stereocenters. The fourth-order valence-electron chi connectivity index (χ4n) is 1.33. The molecule has 2 rings (SSSR count). The molecule has 0 saturated heterocycles. The molecule has 5 heteroatoms. The number of carbonyl (C=O) groups is 1. The van der Waals surface area contributed by atoms with Crippen molar-refractivity contribution in [2.75, 3.05) is 0 Å². The van der Waals surface area contributed by atoms with Crippen LogP contribution in [-0.2, 0) is 17.8 Å². The lowest BCUT2D eigenvalue weighted by atomic mass is 10.2. The minimum atomic E-state index is -0.395. The average Bonchev–Trinajstić information content (AvgIpc) is 2.89. The number of nitrogens with zero attached hydrogens (tertiary/aromatic N) is 2. The number of hydrogen-bond acceptors (Lipinski definition) is 5. The van der Waals surface area contributed by atoms with E-state index >= 15 is 0 Å². The summed E-state index contributed by atoms with van der Waals surface area (Å²) in [6.07, 6.45) is 4.19. The van der Waals surface area contributed by atoms with Crippen LogP contribution in [0.15, 0.2) is 30.0 Å². The van der Waals surface area contributed by atoms with Crippen LogP contribution in [-0.4, -0.2) is 15.9 Å². The molecular weight excluding hydrogens is 236 g/mol. The summed E-state index contributed by atoms with van der Waals surface area (Å²) >= 11 is 1.46. The summed E-state index contributed by atoms with van der Waals surface area (Å²) in [7, 11) is 0. The van der Waals surface area contributed by atoms with Gasteiger partial charge >= 0.3 is 5.97 Å². The molecule has 4 nitrogen and oxygen atoms in total. The molecule has 0 radical (unpaired) electrons. The summed E-state index contributed by atoms with van der Waals surface area (Å²) in [5, 5.41) is 0. The van der Waals surface area contributed by atoms with Gasteiger partial charge in [-0.2, -0.15) is 0 Å². The number of aromatic nitrogens is 2. The molecule has 88 valence electrons. The second-order valence-corrected chi connectivity index (χ2v) is 4.42. The molecule has 0 fully saturated rings. The third-order valence-corrected chi connectivity index (χ3v) is 3.02. The van der Waals surface area contributed by atoms with Gasteiger partial charge in [0.05, 0.1) is 10.4 Å². The van der Waals surface area contributed by atoms with Crippen LogP contribution in [0, 0.1) is 0 Å². The van der Waals surface area contributed by atoms with Crippen molar-refractivity contribution in [1.82, 2.24) is 9.97 Å². The van der Waals surface area contributed by atoms with Gasteiger partial charge in [-0.3, -0.25) is 4.98 Å². The summed E-state index contributed by atoms with van der Waals surface area (Å²) in [5.41, 5.74) is 3.14. The molecule has 0 N–H and O–H groups in total. The van der Waals surface area contributed by atoms with Crippen LogP contribution in [0.5, 0.6) is 0 Å². The molecule has 0 aliphatic heterocycles. The largest absolute Gasteiger partial charge is 0.455 e. The number of aryl methyl sites for hydroxylation is 1. The van der Waals surface area contributed by atoms with Gasteiger partial charge < -0.3 is 4.74 Å². The van der Waals surface area contributed by atoms with E-state index < -0.39 is 5.97 Å². The van der Waals surface area contributed by atoms with Gasteiger partial charge in [0.15, 0.2) is 0 Å². The Balaban J connectivity index is 1.99. The summed E-state index contributed by atoms with van der Waals surface area (Å²) in [5.74, 6) is -0.395. The summed E-state index contributed by atoms with van der Waals surface area (Å²) in [4.78, 5) is 20.5. The van der Waals surface area contributed by atoms with Gasteiger partial charge in [-0.05, 0) is 24.1 Å². The second-order valence-electron chi connectivity index (χ2n) is 3.45. The van der Waals surface area contributed by atoms with Crippen LogP contribution in [0.1, 0.15) is 27.9 Å². The fraction of sp³-hybridized carbons (Fsp3) is 0.250. The van der Waals surface area contributed by atoms with Crippen molar-refractivity contribution in [3.05, 3.63) is 46.2 Å². The van der Waals surface area contributed by atoms with Crippen molar-refractivity contribution < 1.29 is 9.53 Å². The first-order valence-electron chi connectivity index (χ1n) is 5.29. The van der Waals surface area contributed by atoms with E-state index in [0.717, 1.165) is 16.9 Å². The first kappa shape index (κ1) is 11.7. The average molecular weight is 248 g/mol. The van der Waals surface area contributed by atoms with Crippen molar-refractivity contribution in [1.29, 1.82) is 0 Å². The monoisotopic (exact) mass is 248 g/mol. The third kappa shape index (κ3) is 3.10. The van der Waals surface area contributed by atoms with Crippen LogP contribution in [0.25, 0.3) is 0 Å². The maximum absolute atomic E-state index is 11.7. The highest BCUT2D eigenvalue weighted by Crippen LogP contribution is 2.09. The van der Waals surface area contributed by atoms with Gasteiger partial charge in [-0.15, -0.1) is 11.3 Å². The molecular formula is C12H12N2O2S. The molecule has 0 spiro atoms. The van der Waals surface area contributed by atoms with E-state index in [-0.39, 0.29) is 6.61 Å². The highest BCUT2D eigenvalue weighted by Gasteiger charge is 2.09. The number of rotatable bonds is 4. The predicted molar refractivity (Wildman–Crippen MR) is 64.8 cm³/mol. The van der Waals surface area contributed by atoms with Gasteiger partial charge in [0.1, 0.15) is 12.3 Å². The van der Waals surface area contributed by atoms with Crippen molar-refractivity contribution in [3.63, 3.8) is 0 Å². The van der Waals surface area contributed by atoms with Gasteiger partial charge in [0.2, 0.25) is 0 Å². The maximum atomic E-state index is 11.7. The lowest BCUT2D eigenvalue weighted by Gasteiger charge is -2.03. The minimum Gasteiger partial charge on any atom is -0.455 e. The lowest BCUT2D eigenvalue weighted by Crippen LogP contribution is -2.07. The van der Waals surface area contributed by atoms with E-state index in [1.54, 1.807) is 24.0 Å². The van der Waals surface area contributed by atoms with Crippen molar-refractivity contribution in [2.24, 2.45) is 0 Å². The molecule has 0 amide bonds. The van der Waals surface area contributed by atoms with Crippen molar-refractivity contribution in [2.45, 2.75) is 20.0 Å². The van der Waals surface area contributed by atoms with Gasteiger partial charge in [-0.1, -0.05) is 6.92 Å². The van der Waals surface area contributed by atoms with Gasteiger partial charge in [0.25, 0.3) is 0 Å². The first-order chi connectivity index (χ1) is 8.29. The van der Waals surface area contributed by atoms with Crippen LogP contribution >= 0.6 is 11.3 Å². The highest BCUT2D eigenvalue weighted by atomic mass is 32.1. The van der Waals surface area contributed by atoms with Crippen LogP contribution < -0.4 is 0 Å². The molecule has 0 aliphatic carbocycles. The molecule has 0 saturated carbocycles. The van der Waals surface area contributed by atoms with Crippen LogP contribution in [0.2, 0.25) is 0 Å². The van der Waals surface area contributed by atoms with Crippen molar-refractivity contribution >= 4 is 17.3 Å². The highest BCUT2D eigenvalue weighted by molar-refractivity contribution is 7.09. The molecule has 17 heavy (non-hydrogen) atoms. The van der Waals surface area contributed by atoms with Gasteiger partial charge in [0, 0.05) is 12.4 Å². The number of esters is 1. The maximum Gasteiger partial charge on any atom is 0.357 e. The summed E-state index contributed by atoms with van der Waals surface area (Å²) in [6.45, 7) is 2.28. The fourth-order valence-corrected chi connectivity index (χ4v) is 1.84. The minimum absolute atomic E-state index is 0.252. The van der Waals surface area contributed by atoms with E-state index in [1.165, 1.54) is 11.3 Å². The Morgan fingerprint density at radius 2 is 2.41 bits per heavy atom. The third-order valence-electron chi connectivity index (χ3n) is 2.27. The second kappa shape index (κ2) is 5.54. The van der Waals surface area contributed by atoms with Crippen LogP contribution in [0.4, 0.5) is 0 Å². The molecule has 0 aliphatic rings. The topological polar surface area (TPSA) is 52.1 Å². The Morgan fingerprint density at radius 1 is 1.53 bits per heavy atom. The SMILES string of the molecule is CCc1ccnc(C(=O)OCc2cncs2)c1. The Labute approximate surface area is 103 Å². The predicted octanol–water partition coefficient (Wildman–Crippen LogP) is 2.46. The molecule has 2 aromatic rings. The number of thiazole rings is 1. The van der Waals surface area contributed by atoms with Crippen LogP contribution in [0.3, 0.4) is 0 Å². The Morgan fingerprint density at radius 3 is 3.12 bits per heavy atom. The van der Waals surface area contributed by atoms with Crippen molar-refractivity contribution in [3.8, 4) is 0 Å². The van der Waals surface area contributed by atoms with Gasteiger partial charge in [-0.25, -0.2) is 9.78 Å². The zero-order valence-corrected chi connectivity index (χ0v) is 10.2. The molecule has 2 aromatic heterocycles. The van der Waals surface area contributed by atoms with E-state index in [9.17, 15) is 4.79 Å². The normalized spacial score (nSPS) is 10.2. The Hall–Kier alpha value is -1.75. The molecule has 0 bridgehead atoms. The smallest absolute Gasteiger partial charge is 0.357 e. The Kier molecular flexibility index (Phi) is 3.82. The summed E-state index contributed by atoms with van der Waals surface area (Å²) < 4.78 is 5.14. The standard InChI is InChI=1S/C12H12N2O2S/c1-2-9-3-4-14-11(5-9)12(15)16-7-10-6-13-8-17-10/h3-6,8H,2,7H2,1H3. The van der Waals surface area contributed by atoms with E-state index in [2.05, 4.69) is 9.97 Å². The zero-order chi connectivity index (χ0) is 12.1. The van der Waals surface area contributed by atoms with E-state index in [0.29, 0.717) is 5.69 Å². The number of ether oxygens (including phenoxy) is 1. The zero-order valence-electron chi connectivity index (χ0n) is 9.42. The molecule has 2 heterocycles. The first-order valence-corrected chi connectivity index (χ1v) is 6.17. The number of hydrogen-bond donors (Lipinski definition) is 0. The number of pyridine rings is 1. The Bertz CT molecular complexity index is 497. The lowest BCUT2D eigenvalue weighted by molar-refractivity contribution is 0.0469.